The molecule has 1 N–H and O–H groups in total. The molecule has 1 aliphatic rings. The van der Waals surface area contributed by atoms with E-state index in [4.69, 9.17) is 0 Å². The van der Waals surface area contributed by atoms with E-state index < -0.39 is 11.7 Å². The highest BCUT2D eigenvalue weighted by molar-refractivity contribution is 5.41. The summed E-state index contributed by atoms with van der Waals surface area (Å²) in [6.07, 6.45) is -2.02. The van der Waals surface area contributed by atoms with Crippen LogP contribution < -0.4 is 5.32 Å². The third-order valence-corrected chi connectivity index (χ3v) is 4.49. The normalized spacial score (nSPS) is 15.1. The highest BCUT2D eigenvalue weighted by atomic mass is 19.4. The molecule has 0 bridgehead atoms. The van der Waals surface area contributed by atoms with Gasteiger partial charge in [0.15, 0.2) is 0 Å². The van der Waals surface area contributed by atoms with E-state index in [-0.39, 0.29) is 5.82 Å². The smallest absolute Gasteiger partial charge is 0.364 e. The van der Waals surface area contributed by atoms with E-state index in [1.54, 1.807) is 6.92 Å². The van der Waals surface area contributed by atoms with Crippen LogP contribution in [0.1, 0.15) is 42.4 Å². The van der Waals surface area contributed by atoms with Crippen molar-refractivity contribution in [3.63, 3.8) is 0 Å². The van der Waals surface area contributed by atoms with Crippen molar-refractivity contribution in [1.82, 2.24) is 19.7 Å². The molecule has 2 aromatic rings. The van der Waals surface area contributed by atoms with Crippen LogP contribution in [0.4, 0.5) is 19.0 Å². The molecule has 0 radical (unpaired) electrons. The van der Waals surface area contributed by atoms with Gasteiger partial charge in [0.25, 0.3) is 0 Å². The number of nitrogens with zero attached hydrogens (tertiary/aromatic N) is 4. The molecule has 0 spiro atoms. The average Bonchev–Trinajstić information content (AvgIpc) is 2.99. The molecular weight excluding hydrogens is 343 g/mol. The summed E-state index contributed by atoms with van der Waals surface area (Å²) in [5.41, 5.74) is 1.60. The first kappa shape index (κ1) is 18.7. The fraction of sp³-hybridized carbons (Fsp3) is 0.556. The number of nitrogens with one attached hydrogen (secondary N) is 1. The molecule has 0 saturated heterocycles. The maximum Gasteiger partial charge on any atom is 0.416 e. The highest BCUT2D eigenvalue weighted by Crippen LogP contribution is 2.31. The number of halogens is 3. The van der Waals surface area contributed by atoms with Crippen LogP contribution in [0.5, 0.6) is 0 Å². The van der Waals surface area contributed by atoms with Crippen molar-refractivity contribution in [2.24, 2.45) is 0 Å². The van der Waals surface area contributed by atoms with Gasteiger partial charge in [0.2, 0.25) is 0 Å². The lowest BCUT2D eigenvalue weighted by atomic mass is 10.2. The largest absolute Gasteiger partial charge is 0.416 e. The van der Waals surface area contributed by atoms with Crippen molar-refractivity contribution >= 4 is 5.82 Å². The summed E-state index contributed by atoms with van der Waals surface area (Å²) in [5.74, 6) is 0.216. The minimum atomic E-state index is -4.38. The average molecular weight is 367 g/mol. The number of rotatable bonds is 6. The zero-order chi connectivity index (χ0) is 18.7. The maximum atomic E-state index is 12.9. The van der Waals surface area contributed by atoms with Crippen molar-refractivity contribution in [3.8, 4) is 0 Å². The molecule has 26 heavy (non-hydrogen) atoms. The fourth-order valence-electron chi connectivity index (χ4n) is 3.14. The second-order valence-corrected chi connectivity index (χ2v) is 6.71. The summed E-state index contributed by atoms with van der Waals surface area (Å²) in [5, 5.41) is 7.52. The number of aromatic nitrogens is 3. The number of aryl methyl sites for hydroxylation is 1. The first-order valence-electron chi connectivity index (χ1n) is 8.93. The molecule has 8 heteroatoms. The van der Waals surface area contributed by atoms with E-state index in [1.807, 2.05) is 10.7 Å². The van der Waals surface area contributed by atoms with Gasteiger partial charge in [-0.2, -0.15) is 18.3 Å². The first-order chi connectivity index (χ1) is 12.3. The molecule has 0 aromatic carbocycles. The fourth-order valence-corrected chi connectivity index (χ4v) is 3.14. The van der Waals surface area contributed by atoms with E-state index >= 15 is 0 Å². The van der Waals surface area contributed by atoms with Crippen LogP contribution in [-0.4, -0.2) is 32.8 Å². The number of fused-ring (bicyclic) bond motifs is 1. The van der Waals surface area contributed by atoms with Crippen LogP contribution in [0.2, 0.25) is 0 Å². The number of hydrogen-bond acceptors (Lipinski definition) is 4. The van der Waals surface area contributed by atoms with Crippen molar-refractivity contribution in [2.75, 3.05) is 18.4 Å². The van der Waals surface area contributed by atoms with E-state index in [0.29, 0.717) is 12.2 Å². The van der Waals surface area contributed by atoms with Crippen LogP contribution in [0.3, 0.4) is 0 Å². The van der Waals surface area contributed by atoms with Gasteiger partial charge < -0.3 is 5.32 Å². The van der Waals surface area contributed by atoms with Crippen molar-refractivity contribution in [1.29, 1.82) is 0 Å². The molecule has 2 aromatic heterocycles. The number of pyridine rings is 1. The van der Waals surface area contributed by atoms with Gasteiger partial charge >= 0.3 is 6.18 Å². The van der Waals surface area contributed by atoms with Crippen LogP contribution >= 0.6 is 0 Å². The quantitative estimate of drug-likeness (QED) is 0.843. The van der Waals surface area contributed by atoms with Crippen LogP contribution in [0.25, 0.3) is 0 Å². The molecule has 0 saturated carbocycles. The molecule has 5 nitrogen and oxygen atoms in total. The summed E-state index contributed by atoms with van der Waals surface area (Å²) < 4.78 is 40.7. The lowest BCUT2D eigenvalue weighted by Gasteiger charge is -2.27. The minimum Gasteiger partial charge on any atom is -0.364 e. The van der Waals surface area contributed by atoms with Crippen molar-refractivity contribution < 1.29 is 13.2 Å². The zero-order valence-electron chi connectivity index (χ0n) is 15.1. The molecule has 0 amide bonds. The molecular formula is C18H24F3N5. The predicted molar refractivity (Wildman–Crippen MR) is 93.7 cm³/mol. The predicted octanol–water partition coefficient (Wildman–Crippen LogP) is 3.83. The van der Waals surface area contributed by atoms with E-state index in [2.05, 4.69) is 27.2 Å². The SMILES string of the molecule is CCCCN1CCn2nc(CNc3cc(C(F)(F)F)cc(C)n3)cc2C1. The van der Waals surface area contributed by atoms with Gasteiger partial charge in [-0.3, -0.25) is 9.58 Å². The van der Waals surface area contributed by atoms with E-state index in [0.717, 1.165) is 49.7 Å². The second-order valence-electron chi connectivity index (χ2n) is 6.71. The first-order valence-corrected chi connectivity index (χ1v) is 8.93. The summed E-state index contributed by atoms with van der Waals surface area (Å²) >= 11 is 0. The van der Waals surface area contributed by atoms with Crippen LogP contribution in [0.15, 0.2) is 18.2 Å². The number of hydrogen-bond donors (Lipinski definition) is 1. The molecule has 0 unspecified atom stereocenters. The van der Waals surface area contributed by atoms with Crippen molar-refractivity contribution in [3.05, 3.63) is 40.8 Å². The molecule has 0 aliphatic carbocycles. The van der Waals surface area contributed by atoms with Gasteiger partial charge in [0, 0.05) is 18.8 Å². The Hall–Kier alpha value is -2.09. The Kier molecular flexibility index (Phi) is 5.50. The Bertz CT molecular complexity index is 754. The summed E-state index contributed by atoms with van der Waals surface area (Å²) in [4.78, 5) is 6.55. The third-order valence-electron chi connectivity index (χ3n) is 4.49. The zero-order valence-corrected chi connectivity index (χ0v) is 15.1. The molecule has 0 atom stereocenters. The molecule has 3 rings (SSSR count). The van der Waals surface area contributed by atoms with Crippen molar-refractivity contribution in [2.45, 2.75) is 52.5 Å². The van der Waals surface area contributed by atoms with Gasteiger partial charge in [0.05, 0.1) is 30.0 Å². The Labute approximate surface area is 151 Å². The standard InChI is InChI=1S/C18H24F3N5/c1-3-4-5-25-6-7-26-16(12-25)10-15(24-26)11-22-17-9-14(18(19,20)21)8-13(2)23-17/h8-10H,3-7,11-12H2,1-2H3,(H,22,23). The van der Waals surface area contributed by atoms with Gasteiger partial charge in [-0.1, -0.05) is 13.3 Å². The Morgan fingerprint density at radius 1 is 1.19 bits per heavy atom. The van der Waals surface area contributed by atoms with E-state index in [9.17, 15) is 13.2 Å². The third kappa shape index (κ3) is 4.55. The number of anilines is 1. The maximum absolute atomic E-state index is 12.9. The van der Waals surface area contributed by atoms with Gasteiger partial charge in [-0.05, 0) is 38.1 Å². The Morgan fingerprint density at radius 3 is 2.73 bits per heavy atom. The Morgan fingerprint density at radius 2 is 2.00 bits per heavy atom. The lowest BCUT2D eigenvalue weighted by molar-refractivity contribution is -0.137. The monoisotopic (exact) mass is 367 g/mol. The molecule has 1 aliphatic heterocycles. The summed E-state index contributed by atoms with van der Waals surface area (Å²) in [6.45, 7) is 7.87. The molecule has 0 fully saturated rings. The van der Waals surface area contributed by atoms with Gasteiger partial charge in [-0.25, -0.2) is 4.98 Å². The van der Waals surface area contributed by atoms with Crippen LogP contribution in [-0.2, 0) is 25.8 Å². The van der Waals surface area contributed by atoms with Gasteiger partial charge in [-0.15, -0.1) is 0 Å². The second kappa shape index (κ2) is 7.65. The van der Waals surface area contributed by atoms with E-state index in [1.165, 1.54) is 12.8 Å². The number of unbranched alkanes of at least 4 members (excludes halogenated alkanes) is 1. The number of alkyl halides is 3. The minimum absolute atomic E-state index is 0.216. The van der Waals surface area contributed by atoms with Crippen LogP contribution in [0, 0.1) is 6.92 Å². The summed E-state index contributed by atoms with van der Waals surface area (Å²) in [7, 11) is 0. The van der Waals surface area contributed by atoms with Gasteiger partial charge in [0.1, 0.15) is 5.82 Å². The molecule has 3 heterocycles. The molecule has 142 valence electrons. The lowest BCUT2D eigenvalue weighted by Crippen LogP contribution is -2.34. The topological polar surface area (TPSA) is 46.0 Å². The Balaban J connectivity index is 1.65. The highest BCUT2D eigenvalue weighted by Gasteiger charge is 2.31. The summed E-state index contributed by atoms with van der Waals surface area (Å²) in [6, 6.07) is 4.10.